The second-order valence-electron chi connectivity index (χ2n) is 6.82. The molecule has 0 aliphatic carbocycles. The number of ether oxygens (including phenoxy) is 1. The normalized spacial score (nSPS) is 10.6. The van der Waals surface area contributed by atoms with Crippen molar-refractivity contribution in [2.24, 2.45) is 0 Å². The predicted molar refractivity (Wildman–Crippen MR) is 136 cm³/mol. The van der Waals surface area contributed by atoms with Crippen molar-refractivity contribution < 1.29 is 14.3 Å². The summed E-state index contributed by atoms with van der Waals surface area (Å²) in [6.07, 6.45) is 0. The maximum atomic E-state index is 12.3. The number of fused-ring (bicyclic) bond motifs is 1. The van der Waals surface area contributed by atoms with Crippen molar-refractivity contribution in [3.63, 3.8) is 0 Å². The van der Waals surface area contributed by atoms with Gasteiger partial charge in [0.05, 0.1) is 23.1 Å². The number of carbonyl (C=O) groups excluding carboxylic acids is 2. The van der Waals surface area contributed by atoms with Crippen molar-refractivity contribution in [3.8, 4) is 5.75 Å². The lowest BCUT2D eigenvalue weighted by Gasteiger charge is -2.07. The van der Waals surface area contributed by atoms with Gasteiger partial charge in [-0.1, -0.05) is 29.4 Å². The first-order valence-electron chi connectivity index (χ1n) is 9.79. The van der Waals surface area contributed by atoms with Gasteiger partial charge in [0.2, 0.25) is 5.91 Å². The topological polar surface area (TPSA) is 92.3 Å². The van der Waals surface area contributed by atoms with E-state index in [2.05, 4.69) is 20.9 Å². The van der Waals surface area contributed by atoms with E-state index in [-0.39, 0.29) is 17.7 Å². The van der Waals surface area contributed by atoms with Crippen molar-refractivity contribution in [1.29, 1.82) is 0 Å². The number of urea groups is 1. The molecule has 0 unspecified atom stereocenters. The molecule has 4 rings (SSSR count). The number of nitrogens with zero attached hydrogens (tertiary/aromatic N) is 1. The number of methoxy groups -OCH3 is 1. The Morgan fingerprint density at radius 2 is 1.70 bits per heavy atom. The Bertz CT molecular complexity index is 1290. The molecule has 0 aliphatic heterocycles. The zero-order valence-corrected chi connectivity index (χ0v) is 19.8. The molecule has 0 bridgehead atoms. The number of thiazole rings is 1. The van der Waals surface area contributed by atoms with Crippen molar-refractivity contribution in [2.75, 3.05) is 28.8 Å². The average Bonchev–Trinajstić information content (AvgIpc) is 3.21. The monoisotopic (exact) mass is 498 g/mol. The van der Waals surface area contributed by atoms with Crippen molar-refractivity contribution in [2.45, 2.75) is 4.34 Å². The van der Waals surface area contributed by atoms with E-state index >= 15 is 0 Å². The Balaban J connectivity index is 1.33. The minimum Gasteiger partial charge on any atom is -0.497 e. The van der Waals surface area contributed by atoms with E-state index in [1.54, 1.807) is 49.6 Å². The number of rotatable bonds is 7. The quantitative estimate of drug-likeness (QED) is 0.259. The van der Waals surface area contributed by atoms with Crippen LogP contribution in [0.25, 0.3) is 10.2 Å². The number of hydrogen-bond donors (Lipinski definition) is 3. The van der Waals surface area contributed by atoms with Crippen LogP contribution in [0.2, 0.25) is 5.02 Å². The number of anilines is 3. The fraction of sp³-hybridized carbons (Fsp3) is 0.0870. The Kier molecular flexibility index (Phi) is 7.33. The van der Waals surface area contributed by atoms with Crippen LogP contribution in [0.5, 0.6) is 5.75 Å². The van der Waals surface area contributed by atoms with Crippen LogP contribution in [0.3, 0.4) is 0 Å². The van der Waals surface area contributed by atoms with Gasteiger partial charge >= 0.3 is 6.03 Å². The molecule has 0 fully saturated rings. The highest BCUT2D eigenvalue weighted by molar-refractivity contribution is 8.01. The third-order valence-electron chi connectivity index (χ3n) is 4.41. The second kappa shape index (κ2) is 10.6. The lowest BCUT2D eigenvalue weighted by Crippen LogP contribution is -2.19. The summed E-state index contributed by atoms with van der Waals surface area (Å²) in [4.78, 5) is 29.1. The number of thioether (sulfide) groups is 1. The second-order valence-corrected chi connectivity index (χ2v) is 9.51. The molecule has 10 heteroatoms. The van der Waals surface area contributed by atoms with Gasteiger partial charge < -0.3 is 20.7 Å². The first-order chi connectivity index (χ1) is 16.0. The first-order valence-corrected chi connectivity index (χ1v) is 12.0. The van der Waals surface area contributed by atoms with Crippen LogP contribution in [0.15, 0.2) is 71.1 Å². The third kappa shape index (κ3) is 6.38. The molecule has 0 atom stereocenters. The summed E-state index contributed by atoms with van der Waals surface area (Å²) < 4.78 is 6.85. The van der Waals surface area contributed by atoms with Gasteiger partial charge in [-0.25, -0.2) is 9.78 Å². The van der Waals surface area contributed by atoms with Crippen LogP contribution >= 0.6 is 34.7 Å². The van der Waals surface area contributed by atoms with Crippen LogP contribution in [0.1, 0.15) is 0 Å². The lowest BCUT2D eigenvalue weighted by molar-refractivity contribution is -0.113. The molecule has 3 N–H and O–H groups in total. The lowest BCUT2D eigenvalue weighted by atomic mass is 10.3. The zero-order chi connectivity index (χ0) is 23.2. The minimum absolute atomic E-state index is 0.131. The maximum absolute atomic E-state index is 12.3. The summed E-state index contributed by atoms with van der Waals surface area (Å²) in [6.45, 7) is 0. The van der Waals surface area contributed by atoms with E-state index in [1.807, 2.05) is 24.3 Å². The van der Waals surface area contributed by atoms with Gasteiger partial charge in [0.1, 0.15) is 5.75 Å². The SMILES string of the molecule is COc1cccc(NC(=O)CSc2nc3ccc(NC(=O)Nc4ccc(Cl)cc4)cc3s2)c1. The van der Waals surface area contributed by atoms with Gasteiger partial charge in [0, 0.05) is 28.2 Å². The summed E-state index contributed by atoms with van der Waals surface area (Å²) in [5.41, 5.74) is 2.77. The molecular formula is C23H19ClN4O3S2. The Morgan fingerprint density at radius 3 is 2.48 bits per heavy atom. The van der Waals surface area contributed by atoms with Gasteiger partial charge in [-0.3, -0.25) is 4.79 Å². The summed E-state index contributed by atoms with van der Waals surface area (Å²) in [6, 6.07) is 19.2. The van der Waals surface area contributed by atoms with Gasteiger partial charge in [-0.15, -0.1) is 11.3 Å². The predicted octanol–water partition coefficient (Wildman–Crippen LogP) is 6.33. The summed E-state index contributed by atoms with van der Waals surface area (Å²) in [5.74, 6) is 0.776. The smallest absolute Gasteiger partial charge is 0.323 e. The van der Waals surface area contributed by atoms with E-state index in [0.717, 1.165) is 14.6 Å². The van der Waals surface area contributed by atoms with Crippen LogP contribution in [0, 0.1) is 0 Å². The summed E-state index contributed by atoms with van der Waals surface area (Å²) in [7, 11) is 1.58. The molecule has 1 heterocycles. The van der Waals surface area contributed by atoms with Crippen LogP contribution in [-0.4, -0.2) is 29.8 Å². The molecule has 168 valence electrons. The van der Waals surface area contributed by atoms with Crippen molar-refractivity contribution >= 4 is 73.9 Å². The molecule has 0 saturated heterocycles. The third-order valence-corrected chi connectivity index (χ3v) is 6.82. The number of benzene rings is 3. The van der Waals surface area contributed by atoms with Gasteiger partial charge in [0.15, 0.2) is 4.34 Å². The number of amides is 3. The van der Waals surface area contributed by atoms with Gasteiger partial charge in [0.25, 0.3) is 0 Å². The molecule has 3 aromatic carbocycles. The zero-order valence-electron chi connectivity index (χ0n) is 17.4. The van der Waals surface area contributed by atoms with Crippen molar-refractivity contribution in [3.05, 3.63) is 71.8 Å². The minimum atomic E-state index is -0.356. The number of hydrogen-bond acceptors (Lipinski definition) is 6. The maximum Gasteiger partial charge on any atom is 0.323 e. The highest BCUT2D eigenvalue weighted by Gasteiger charge is 2.10. The van der Waals surface area contributed by atoms with E-state index in [0.29, 0.717) is 27.8 Å². The summed E-state index contributed by atoms with van der Waals surface area (Å²) in [5, 5.41) is 9.01. The first kappa shape index (κ1) is 22.9. The largest absolute Gasteiger partial charge is 0.497 e. The fourth-order valence-electron chi connectivity index (χ4n) is 2.89. The Hall–Kier alpha value is -3.27. The standard InChI is InChI=1S/C23H19ClN4O3S2/c1-31-18-4-2-3-16(11-18)25-21(29)13-32-23-28-19-10-9-17(12-20(19)33-23)27-22(30)26-15-7-5-14(24)6-8-15/h2-12H,13H2,1H3,(H,25,29)(H2,26,27,30). The van der Waals surface area contributed by atoms with Gasteiger partial charge in [-0.05, 0) is 54.6 Å². The van der Waals surface area contributed by atoms with E-state index < -0.39 is 0 Å². The Morgan fingerprint density at radius 1 is 0.970 bits per heavy atom. The molecule has 0 saturated carbocycles. The number of carbonyl (C=O) groups is 2. The molecule has 0 aliphatic rings. The van der Waals surface area contributed by atoms with E-state index in [1.165, 1.54) is 23.1 Å². The van der Waals surface area contributed by atoms with Crippen LogP contribution < -0.4 is 20.7 Å². The summed E-state index contributed by atoms with van der Waals surface area (Å²) >= 11 is 8.68. The number of aromatic nitrogens is 1. The molecule has 0 radical (unpaired) electrons. The Labute approximate surface area is 203 Å². The average molecular weight is 499 g/mol. The van der Waals surface area contributed by atoms with Crippen LogP contribution in [0.4, 0.5) is 21.9 Å². The number of nitrogens with one attached hydrogen (secondary N) is 3. The highest BCUT2D eigenvalue weighted by atomic mass is 35.5. The molecule has 0 spiro atoms. The van der Waals surface area contributed by atoms with Crippen LogP contribution in [-0.2, 0) is 4.79 Å². The van der Waals surface area contributed by atoms with E-state index in [9.17, 15) is 9.59 Å². The van der Waals surface area contributed by atoms with Gasteiger partial charge in [-0.2, -0.15) is 0 Å². The van der Waals surface area contributed by atoms with E-state index in [4.69, 9.17) is 16.3 Å². The molecule has 7 nitrogen and oxygen atoms in total. The molecular weight excluding hydrogens is 480 g/mol. The van der Waals surface area contributed by atoms with Crippen molar-refractivity contribution in [1.82, 2.24) is 4.98 Å². The molecule has 1 aromatic heterocycles. The molecule has 4 aromatic rings. The fourth-order valence-corrected chi connectivity index (χ4v) is 4.93. The molecule has 3 amide bonds. The highest BCUT2D eigenvalue weighted by Crippen LogP contribution is 2.31. The molecule has 33 heavy (non-hydrogen) atoms. The number of halogens is 1.